The minimum absolute atomic E-state index is 0.279. The van der Waals surface area contributed by atoms with Gasteiger partial charge in [-0.25, -0.2) is 9.37 Å². The fraction of sp³-hybridized carbons (Fsp3) is 0.143. The van der Waals surface area contributed by atoms with Gasteiger partial charge in [-0.05, 0) is 18.6 Å². The molecule has 0 saturated carbocycles. The number of carbonyl (C=O) groups is 1. The number of hydrogen-bond acceptors (Lipinski definition) is 3. The van der Waals surface area contributed by atoms with E-state index < -0.39 is 0 Å². The Hall–Kier alpha value is -1.92. The van der Waals surface area contributed by atoms with Gasteiger partial charge in [0, 0.05) is 34.9 Å². The van der Waals surface area contributed by atoms with Crippen LogP contribution in [0.4, 0.5) is 4.39 Å². The van der Waals surface area contributed by atoms with E-state index in [1.807, 2.05) is 11.6 Å². The average Bonchev–Trinajstić information content (AvgIpc) is 3.03. The molecule has 7 heteroatoms. The maximum absolute atomic E-state index is 13.6. The van der Waals surface area contributed by atoms with Crippen molar-refractivity contribution in [2.24, 2.45) is 0 Å². The minimum atomic E-state index is -0.362. The molecule has 2 heterocycles. The molecule has 3 aromatic rings. The van der Waals surface area contributed by atoms with Gasteiger partial charge in [0.2, 0.25) is 0 Å². The van der Waals surface area contributed by atoms with Gasteiger partial charge in [0.25, 0.3) is 5.91 Å². The van der Waals surface area contributed by atoms with Crippen molar-refractivity contribution in [3.05, 3.63) is 58.1 Å². The summed E-state index contributed by atoms with van der Waals surface area (Å²) in [4.78, 5) is 16.9. The third-order valence-corrected chi connectivity index (χ3v) is 4.17. The van der Waals surface area contributed by atoms with Gasteiger partial charge in [-0.15, -0.1) is 11.3 Å². The Bertz CT molecular complexity index is 750. The maximum atomic E-state index is 13.6. The number of carbonyl (C=O) groups excluding carboxylic acids is 1. The minimum Gasteiger partial charge on any atom is -0.350 e. The van der Waals surface area contributed by atoms with Crippen molar-refractivity contribution in [3.8, 4) is 0 Å². The van der Waals surface area contributed by atoms with Crippen LogP contribution in [0.25, 0.3) is 4.96 Å². The van der Waals surface area contributed by atoms with Crippen LogP contribution in [0.1, 0.15) is 16.1 Å². The lowest BCUT2D eigenvalue weighted by molar-refractivity contribution is 0.0949. The SMILES string of the molecule is O=C(NCCc1c(F)cccc1Cl)c1cn2ccsc2n1. The van der Waals surface area contributed by atoms with Crippen LogP contribution in [0.5, 0.6) is 0 Å². The Labute approximate surface area is 129 Å². The molecular formula is C14H11ClFN3OS. The summed E-state index contributed by atoms with van der Waals surface area (Å²) in [6.07, 6.45) is 3.83. The first-order valence-electron chi connectivity index (χ1n) is 6.28. The predicted octanol–water partition coefficient (Wildman–Crippen LogP) is 3.16. The number of imidazole rings is 1. The number of aromatic nitrogens is 2. The van der Waals surface area contributed by atoms with Gasteiger partial charge in [-0.2, -0.15) is 0 Å². The molecule has 0 unspecified atom stereocenters. The third-order valence-electron chi connectivity index (χ3n) is 3.05. The number of nitrogens with one attached hydrogen (secondary N) is 1. The van der Waals surface area contributed by atoms with Crippen molar-refractivity contribution in [2.75, 3.05) is 6.54 Å². The monoisotopic (exact) mass is 323 g/mol. The highest BCUT2D eigenvalue weighted by Crippen LogP contribution is 2.19. The van der Waals surface area contributed by atoms with Crippen LogP contribution >= 0.6 is 22.9 Å². The number of rotatable bonds is 4. The van der Waals surface area contributed by atoms with Crippen molar-refractivity contribution in [1.29, 1.82) is 0 Å². The Balaban J connectivity index is 1.62. The molecule has 0 radical (unpaired) electrons. The van der Waals surface area contributed by atoms with E-state index in [2.05, 4.69) is 10.3 Å². The summed E-state index contributed by atoms with van der Waals surface area (Å²) in [5, 5.41) is 4.98. The smallest absolute Gasteiger partial charge is 0.271 e. The molecule has 0 saturated heterocycles. The second-order valence-corrected chi connectivity index (χ2v) is 5.71. The van der Waals surface area contributed by atoms with E-state index in [9.17, 15) is 9.18 Å². The van der Waals surface area contributed by atoms with Crippen molar-refractivity contribution < 1.29 is 9.18 Å². The van der Waals surface area contributed by atoms with E-state index in [1.54, 1.807) is 22.7 Å². The number of amides is 1. The molecule has 21 heavy (non-hydrogen) atoms. The van der Waals surface area contributed by atoms with E-state index in [4.69, 9.17) is 11.6 Å². The number of hydrogen-bond donors (Lipinski definition) is 1. The molecule has 0 aliphatic rings. The Kier molecular flexibility index (Phi) is 3.90. The highest BCUT2D eigenvalue weighted by atomic mass is 35.5. The molecule has 0 atom stereocenters. The Morgan fingerprint density at radius 2 is 2.33 bits per heavy atom. The second-order valence-electron chi connectivity index (χ2n) is 4.43. The van der Waals surface area contributed by atoms with Crippen molar-refractivity contribution in [1.82, 2.24) is 14.7 Å². The molecule has 0 spiro atoms. The summed E-state index contributed by atoms with van der Waals surface area (Å²) in [7, 11) is 0. The number of nitrogens with zero attached hydrogens (tertiary/aromatic N) is 2. The zero-order chi connectivity index (χ0) is 14.8. The summed E-state index contributed by atoms with van der Waals surface area (Å²) >= 11 is 7.39. The van der Waals surface area contributed by atoms with Crippen LogP contribution < -0.4 is 5.32 Å². The quantitative estimate of drug-likeness (QED) is 0.801. The van der Waals surface area contributed by atoms with Crippen LogP contribution in [-0.4, -0.2) is 21.8 Å². The second kappa shape index (κ2) is 5.83. The summed E-state index contributed by atoms with van der Waals surface area (Å²) in [5.74, 6) is -0.641. The molecule has 3 rings (SSSR count). The van der Waals surface area contributed by atoms with Gasteiger partial charge in [-0.1, -0.05) is 17.7 Å². The van der Waals surface area contributed by atoms with E-state index in [0.717, 1.165) is 4.96 Å². The molecule has 0 bridgehead atoms. The fourth-order valence-electron chi connectivity index (χ4n) is 2.00. The highest BCUT2D eigenvalue weighted by Gasteiger charge is 2.12. The maximum Gasteiger partial charge on any atom is 0.271 e. The van der Waals surface area contributed by atoms with Crippen LogP contribution in [0.2, 0.25) is 5.02 Å². The lowest BCUT2D eigenvalue weighted by atomic mass is 10.1. The van der Waals surface area contributed by atoms with Crippen molar-refractivity contribution >= 4 is 33.8 Å². The van der Waals surface area contributed by atoms with Gasteiger partial charge in [0.05, 0.1) is 0 Å². The zero-order valence-corrected chi connectivity index (χ0v) is 12.4. The van der Waals surface area contributed by atoms with E-state index in [-0.39, 0.29) is 11.7 Å². The molecule has 1 aromatic carbocycles. The van der Waals surface area contributed by atoms with E-state index in [1.165, 1.54) is 17.4 Å². The van der Waals surface area contributed by atoms with Crippen LogP contribution in [0, 0.1) is 5.82 Å². The van der Waals surface area contributed by atoms with Gasteiger partial charge in [0.1, 0.15) is 11.5 Å². The van der Waals surface area contributed by atoms with E-state index in [0.29, 0.717) is 29.2 Å². The van der Waals surface area contributed by atoms with Crippen molar-refractivity contribution in [2.45, 2.75) is 6.42 Å². The fourth-order valence-corrected chi connectivity index (χ4v) is 2.96. The summed E-state index contributed by atoms with van der Waals surface area (Å²) in [6, 6.07) is 4.54. The first-order chi connectivity index (χ1) is 10.1. The molecule has 0 fully saturated rings. The zero-order valence-electron chi connectivity index (χ0n) is 10.8. The topological polar surface area (TPSA) is 46.4 Å². The summed E-state index contributed by atoms with van der Waals surface area (Å²) in [6.45, 7) is 0.296. The first kappa shape index (κ1) is 14.0. The standard InChI is InChI=1S/C14H11ClFN3OS/c15-10-2-1-3-11(16)9(10)4-5-17-13(20)12-8-19-6-7-21-14(19)18-12/h1-3,6-8H,4-5H2,(H,17,20). The molecular weight excluding hydrogens is 313 g/mol. The molecule has 1 amide bonds. The normalized spacial score (nSPS) is 11.0. The van der Waals surface area contributed by atoms with Gasteiger partial charge < -0.3 is 5.32 Å². The van der Waals surface area contributed by atoms with Crippen LogP contribution in [0.15, 0.2) is 36.0 Å². The number of fused-ring (bicyclic) bond motifs is 1. The number of thiazole rings is 1. The average molecular weight is 324 g/mol. The lowest BCUT2D eigenvalue weighted by Crippen LogP contribution is -2.26. The van der Waals surface area contributed by atoms with Crippen LogP contribution in [0.3, 0.4) is 0 Å². The number of halogens is 2. The van der Waals surface area contributed by atoms with Crippen molar-refractivity contribution in [3.63, 3.8) is 0 Å². The largest absolute Gasteiger partial charge is 0.350 e. The lowest BCUT2D eigenvalue weighted by Gasteiger charge is -2.06. The summed E-state index contributed by atoms with van der Waals surface area (Å²) < 4.78 is 15.4. The Morgan fingerprint density at radius 1 is 1.48 bits per heavy atom. The molecule has 0 aliphatic carbocycles. The number of benzene rings is 1. The van der Waals surface area contributed by atoms with E-state index >= 15 is 0 Å². The van der Waals surface area contributed by atoms with Gasteiger partial charge in [0.15, 0.2) is 4.96 Å². The van der Waals surface area contributed by atoms with Gasteiger partial charge in [-0.3, -0.25) is 9.20 Å². The highest BCUT2D eigenvalue weighted by molar-refractivity contribution is 7.15. The molecule has 1 N–H and O–H groups in total. The molecule has 108 valence electrons. The first-order valence-corrected chi connectivity index (χ1v) is 7.54. The third kappa shape index (κ3) is 2.91. The molecule has 2 aromatic heterocycles. The molecule has 0 aliphatic heterocycles. The van der Waals surface area contributed by atoms with Gasteiger partial charge >= 0.3 is 0 Å². The van der Waals surface area contributed by atoms with Crippen LogP contribution in [-0.2, 0) is 6.42 Å². The predicted molar refractivity (Wildman–Crippen MR) is 80.5 cm³/mol. The molecule has 4 nitrogen and oxygen atoms in total. The summed E-state index contributed by atoms with van der Waals surface area (Å²) in [5.41, 5.74) is 0.756. The Morgan fingerprint density at radius 3 is 3.10 bits per heavy atom.